The first-order valence-electron chi connectivity index (χ1n) is 10.5. The number of furan rings is 1. The molecule has 0 spiro atoms. The van der Waals surface area contributed by atoms with Crippen molar-refractivity contribution in [3.63, 3.8) is 0 Å². The standard InChI is InChI=1S/C23H32N4O3.HI/c1-27(2)22(28)20-6-3-5-18(15-20)8-11-24-23(26-16-19-10-14-29-17-19)25-12-9-21-7-4-13-30-21;/h3-7,13,15,19H,8-12,14,16-17H2,1-2H3,(H2,24,25,26);1H. The quantitative estimate of drug-likeness (QED) is 0.291. The van der Waals surface area contributed by atoms with Crippen LogP contribution < -0.4 is 10.6 Å². The van der Waals surface area contributed by atoms with Crippen LogP contribution in [-0.2, 0) is 17.6 Å². The number of aliphatic imine (C=N–C) groups is 1. The molecule has 0 bridgehead atoms. The van der Waals surface area contributed by atoms with Crippen LogP contribution in [0.5, 0.6) is 0 Å². The molecule has 0 saturated carbocycles. The van der Waals surface area contributed by atoms with Gasteiger partial charge in [0.25, 0.3) is 5.91 Å². The van der Waals surface area contributed by atoms with Crippen LogP contribution in [0.15, 0.2) is 52.1 Å². The van der Waals surface area contributed by atoms with E-state index >= 15 is 0 Å². The Kier molecular flexibility index (Phi) is 10.9. The molecule has 1 aromatic heterocycles. The topological polar surface area (TPSA) is 79.1 Å². The summed E-state index contributed by atoms with van der Waals surface area (Å²) in [6.07, 6.45) is 4.36. The number of rotatable bonds is 9. The number of carbonyl (C=O) groups is 1. The fraction of sp³-hybridized carbons (Fsp3) is 0.478. The molecule has 1 aliphatic heterocycles. The first kappa shape index (κ1) is 25.2. The molecule has 8 heteroatoms. The number of hydrogen-bond acceptors (Lipinski definition) is 4. The number of halogens is 1. The van der Waals surface area contributed by atoms with Gasteiger partial charge < -0.3 is 24.7 Å². The van der Waals surface area contributed by atoms with Crippen LogP contribution in [-0.4, -0.2) is 63.7 Å². The third-order valence-electron chi connectivity index (χ3n) is 5.06. The molecule has 2 N–H and O–H groups in total. The van der Waals surface area contributed by atoms with E-state index in [4.69, 9.17) is 14.1 Å². The minimum absolute atomic E-state index is 0. The Bertz CT molecular complexity index is 818. The molecule has 1 aliphatic rings. The Morgan fingerprint density at radius 1 is 1.16 bits per heavy atom. The largest absolute Gasteiger partial charge is 0.469 e. The summed E-state index contributed by atoms with van der Waals surface area (Å²) < 4.78 is 10.8. The zero-order chi connectivity index (χ0) is 21.2. The van der Waals surface area contributed by atoms with E-state index in [2.05, 4.69) is 10.6 Å². The van der Waals surface area contributed by atoms with E-state index in [-0.39, 0.29) is 29.9 Å². The molecule has 0 radical (unpaired) electrons. The SMILES string of the molecule is CN(C)C(=O)c1cccc(CCNC(=NCC2CCOC2)NCCc2ccco2)c1.I. The lowest BCUT2D eigenvalue weighted by atomic mass is 10.1. The van der Waals surface area contributed by atoms with Gasteiger partial charge in [0.15, 0.2) is 5.96 Å². The molecule has 1 atom stereocenters. The van der Waals surface area contributed by atoms with Gasteiger partial charge in [-0.2, -0.15) is 0 Å². The van der Waals surface area contributed by atoms with Crippen molar-refractivity contribution >= 4 is 35.8 Å². The van der Waals surface area contributed by atoms with Gasteiger partial charge in [0.1, 0.15) is 5.76 Å². The smallest absolute Gasteiger partial charge is 0.253 e. The summed E-state index contributed by atoms with van der Waals surface area (Å²) in [6, 6.07) is 11.7. The van der Waals surface area contributed by atoms with Crippen molar-refractivity contribution in [3.8, 4) is 0 Å². The van der Waals surface area contributed by atoms with E-state index in [1.807, 2.05) is 36.4 Å². The summed E-state index contributed by atoms with van der Waals surface area (Å²) in [5.41, 5.74) is 1.83. The first-order valence-corrected chi connectivity index (χ1v) is 10.5. The molecule has 170 valence electrons. The average Bonchev–Trinajstić information content (AvgIpc) is 3.45. The highest BCUT2D eigenvalue weighted by molar-refractivity contribution is 14.0. The maximum absolute atomic E-state index is 12.2. The molecule has 31 heavy (non-hydrogen) atoms. The predicted molar refractivity (Wildman–Crippen MR) is 133 cm³/mol. The fourth-order valence-corrected chi connectivity index (χ4v) is 3.32. The van der Waals surface area contributed by atoms with Crippen LogP contribution in [0, 0.1) is 5.92 Å². The lowest BCUT2D eigenvalue weighted by Gasteiger charge is -2.14. The minimum atomic E-state index is 0. The Balaban J connectivity index is 0.00000341. The lowest BCUT2D eigenvalue weighted by molar-refractivity contribution is 0.0827. The Labute approximate surface area is 201 Å². The molecule has 0 aliphatic carbocycles. The van der Waals surface area contributed by atoms with Gasteiger partial charge in [-0.05, 0) is 42.7 Å². The summed E-state index contributed by atoms with van der Waals surface area (Å²) in [5, 5.41) is 6.81. The average molecular weight is 540 g/mol. The Morgan fingerprint density at radius 2 is 1.97 bits per heavy atom. The van der Waals surface area contributed by atoms with Gasteiger partial charge in [-0.3, -0.25) is 9.79 Å². The number of ether oxygens (including phenoxy) is 1. The van der Waals surface area contributed by atoms with Gasteiger partial charge in [0.2, 0.25) is 0 Å². The first-order chi connectivity index (χ1) is 14.6. The van der Waals surface area contributed by atoms with Crippen LogP contribution in [0.4, 0.5) is 0 Å². The van der Waals surface area contributed by atoms with Gasteiger partial charge in [0, 0.05) is 58.2 Å². The number of amides is 1. The van der Waals surface area contributed by atoms with E-state index in [0.29, 0.717) is 11.5 Å². The summed E-state index contributed by atoms with van der Waals surface area (Å²) in [6.45, 7) is 3.84. The Morgan fingerprint density at radius 3 is 2.65 bits per heavy atom. The second kappa shape index (κ2) is 13.4. The second-order valence-corrected chi connectivity index (χ2v) is 7.75. The van der Waals surface area contributed by atoms with Crippen molar-refractivity contribution in [2.24, 2.45) is 10.9 Å². The fourth-order valence-electron chi connectivity index (χ4n) is 3.32. The van der Waals surface area contributed by atoms with Gasteiger partial charge in [-0.25, -0.2) is 0 Å². The summed E-state index contributed by atoms with van der Waals surface area (Å²) >= 11 is 0. The molecular formula is C23H33IN4O3. The second-order valence-electron chi connectivity index (χ2n) is 7.75. The summed E-state index contributed by atoms with van der Waals surface area (Å²) in [7, 11) is 3.53. The van der Waals surface area contributed by atoms with E-state index in [1.165, 1.54) is 0 Å². The molecule has 1 aromatic carbocycles. The monoisotopic (exact) mass is 540 g/mol. The number of carbonyl (C=O) groups excluding carboxylic acids is 1. The van der Waals surface area contributed by atoms with Crippen LogP contribution in [0.3, 0.4) is 0 Å². The molecular weight excluding hydrogens is 507 g/mol. The number of hydrogen-bond donors (Lipinski definition) is 2. The summed E-state index contributed by atoms with van der Waals surface area (Å²) in [4.78, 5) is 18.5. The third kappa shape index (κ3) is 8.53. The molecule has 3 rings (SSSR count). The molecule has 1 saturated heterocycles. The van der Waals surface area contributed by atoms with Crippen LogP contribution in [0.1, 0.15) is 28.1 Å². The van der Waals surface area contributed by atoms with E-state index < -0.39 is 0 Å². The predicted octanol–water partition coefficient (Wildman–Crippen LogP) is 2.96. The lowest BCUT2D eigenvalue weighted by Crippen LogP contribution is -2.39. The molecule has 7 nitrogen and oxygen atoms in total. The Hall–Kier alpha value is -2.07. The van der Waals surface area contributed by atoms with Gasteiger partial charge in [-0.1, -0.05) is 12.1 Å². The highest BCUT2D eigenvalue weighted by atomic mass is 127. The number of benzene rings is 1. The van der Waals surface area contributed by atoms with Crippen molar-refractivity contribution in [3.05, 3.63) is 59.5 Å². The highest BCUT2D eigenvalue weighted by Gasteiger charge is 2.15. The van der Waals surface area contributed by atoms with Crippen LogP contribution >= 0.6 is 24.0 Å². The molecule has 1 unspecified atom stereocenters. The van der Waals surface area contributed by atoms with Crippen molar-refractivity contribution in [2.75, 3.05) is 46.9 Å². The molecule has 1 fully saturated rings. The van der Waals surface area contributed by atoms with E-state index in [1.54, 1.807) is 25.3 Å². The zero-order valence-electron chi connectivity index (χ0n) is 18.3. The maximum Gasteiger partial charge on any atom is 0.253 e. The molecule has 1 amide bonds. The normalized spacial score (nSPS) is 15.9. The number of nitrogens with one attached hydrogen (secondary N) is 2. The molecule has 2 heterocycles. The van der Waals surface area contributed by atoms with Crippen LogP contribution in [0.2, 0.25) is 0 Å². The van der Waals surface area contributed by atoms with E-state index in [0.717, 1.165) is 69.4 Å². The van der Waals surface area contributed by atoms with Gasteiger partial charge >= 0.3 is 0 Å². The summed E-state index contributed by atoms with van der Waals surface area (Å²) in [5.74, 6) is 2.26. The van der Waals surface area contributed by atoms with Crippen molar-refractivity contribution in [1.82, 2.24) is 15.5 Å². The van der Waals surface area contributed by atoms with Gasteiger partial charge in [-0.15, -0.1) is 24.0 Å². The maximum atomic E-state index is 12.2. The molecule has 2 aromatic rings. The third-order valence-corrected chi connectivity index (χ3v) is 5.06. The van der Waals surface area contributed by atoms with Crippen molar-refractivity contribution in [1.29, 1.82) is 0 Å². The highest BCUT2D eigenvalue weighted by Crippen LogP contribution is 2.12. The van der Waals surface area contributed by atoms with Crippen LogP contribution in [0.25, 0.3) is 0 Å². The minimum Gasteiger partial charge on any atom is -0.469 e. The van der Waals surface area contributed by atoms with E-state index in [9.17, 15) is 4.79 Å². The van der Waals surface area contributed by atoms with Gasteiger partial charge in [0.05, 0.1) is 12.9 Å². The van der Waals surface area contributed by atoms with Crippen molar-refractivity contribution < 1.29 is 13.9 Å². The zero-order valence-corrected chi connectivity index (χ0v) is 20.6. The van der Waals surface area contributed by atoms with Crippen molar-refractivity contribution in [2.45, 2.75) is 19.3 Å². The number of nitrogens with zero attached hydrogens (tertiary/aromatic N) is 2. The number of guanidine groups is 1.